The van der Waals surface area contributed by atoms with Crippen LogP contribution in [0.2, 0.25) is 0 Å². The Bertz CT molecular complexity index is 842. The molecule has 2 aromatic carbocycles. The minimum atomic E-state index is 0.117. The molecule has 0 N–H and O–H groups in total. The van der Waals surface area contributed by atoms with Crippen molar-refractivity contribution in [3.8, 4) is 0 Å². The summed E-state index contributed by atoms with van der Waals surface area (Å²) >= 11 is 0. The Morgan fingerprint density at radius 2 is 1.74 bits per heavy atom. The summed E-state index contributed by atoms with van der Waals surface area (Å²) < 4.78 is 5.53. The van der Waals surface area contributed by atoms with E-state index in [-0.39, 0.29) is 6.04 Å². The van der Waals surface area contributed by atoms with Gasteiger partial charge >= 0.3 is 0 Å². The van der Waals surface area contributed by atoms with Gasteiger partial charge in [0.1, 0.15) is 5.84 Å². The zero-order valence-corrected chi connectivity index (χ0v) is 19.6. The number of allylic oxidation sites excluding steroid dienone is 1. The molecule has 0 unspecified atom stereocenters. The van der Waals surface area contributed by atoms with E-state index < -0.39 is 0 Å². The molecule has 0 amide bonds. The topological polar surface area (TPSA) is 24.8 Å². The summed E-state index contributed by atoms with van der Waals surface area (Å²) in [6.45, 7) is 7.35. The summed E-state index contributed by atoms with van der Waals surface area (Å²) in [5.41, 5.74) is 4.05. The van der Waals surface area contributed by atoms with Gasteiger partial charge < -0.3 is 9.64 Å². The lowest BCUT2D eigenvalue weighted by Crippen LogP contribution is -2.36. The van der Waals surface area contributed by atoms with Gasteiger partial charge in [-0.05, 0) is 37.2 Å². The maximum absolute atomic E-state index is 5.53. The van der Waals surface area contributed by atoms with Crippen LogP contribution in [0.3, 0.4) is 0 Å². The number of benzene rings is 2. The number of rotatable bonds is 9. The Morgan fingerprint density at radius 3 is 2.35 bits per heavy atom. The van der Waals surface area contributed by atoms with E-state index in [1.54, 1.807) is 7.11 Å². The zero-order valence-electron chi connectivity index (χ0n) is 19.6. The molecule has 0 aromatic heterocycles. The van der Waals surface area contributed by atoms with Gasteiger partial charge in [-0.15, -0.1) is 0 Å². The highest BCUT2D eigenvalue weighted by atomic mass is 16.5. The number of hydrogen-bond donors (Lipinski definition) is 0. The van der Waals surface area contributed by atoms with E-state index in [0.717, 1.165) is 24.2 Å². The molecule has 0 saturated heterocycles. The lowest BCUT2D eigenvalue weighted by atomic mass is 9.91. The molecule has 0 bridgehead atoms. The molecule has 1 heterocycles. The second-order valence-electron chi connectivity index (χ2n) is 8.85. The fourth-order valence-electron chi connectivity index (χ4n) is 4.20. The molecule has 2 aromatic rings. The van der Waals surface area contributed by atoms with E-state index in [2.05, 4.69) is 92.5 Å². The van der Waals surface area contributed by atoms with Crippen LogP contribution in [0.5, 0.6) is 0 Å². The van der Waals surface area contributed by atoms with Crippen molar-refractivity contribution in [3.05, 3.63) is 83.6 Å². The number of amidine groups is 1. The molecule has 0 radical (unpaired) electrons. The van der Waals surface area contributed by atoms with Crippen LogP contribution in [0, 0.1) is 5.92 Å². The molecule has 2 atom stereocenters. The van der Waals surface area contributed by atoms with Gasteiger partial charge in [0.15, 0.2) is 0 Å². The second-order valence-corrected chi connectivity index (χ2v) is 8.85. The van der Waals surface area contributed by atoms with Crippen molar-refractivity contribution in [2.45, 2.75) is 65.0 Å². The van der Waals surface area contributed by atoms with Crippen molar-refractivity contribution < 1.29 is 4.74 Å². The summed E-state index contributed by atoms with van der Waals surface area (Å²) in [6.07, 6.45) is 8.30. The van der Waals surface area contributed by atoms with Gasteiger partial charge in [0.25, 0.3) is 0 Å². The molecule has 0 saturated carbocycles. The van der Waals surface area contributed by atoms with Crippen LogP contribution < -0.4 is 0 Å². The van der Waals surface area contributed by atoms with Gasteiger partial charge in [-0.1, -0.05) is 93.4 Å². The molecule has 166 valence electrons. The van der Waals surface area contributed by atoms with Crippen molar-refractivity contribution in [2.24, 2.45) is 10.9 Å². The quantitative estimate of drug-likeness (QED) is 0.323. The van der Waals surface area contributed by atoms with E-state index in [9.17, 15) is 0 Å². The maximum Gasteiger partial charge on any atom is 0.135 e. The summed E-state index contributed by atoms with van der Waals surface area (Å²) in [4.78, 5) is 7.77. The van der Waals surface area contributed by atoms with Crippen molar-refractivity contribution in [1.82, 2.24) is 4.90 Å². The Balaban J connectivity index is 2.10. The minimum Gasteiger partial charge on any atom is -0.382 e. The summed E-state index contributed by atoms with van der Waals surface area (Å²) in [5.74, 6) is 1.46. The highest BCUT2D eigenvalue weighted by Gasteiger charge is 2.28. The average molecular weight is 419 g/mol. The smallest absolute Gasteiger partial charge is 0.135 e. The van der Waals surface area contributed by atoms with E-state index in [4.69, 9.17) is 9.73 Å². The van der Waals surface area contributed by atoms with Crippen LogP contribution in [0.15, 0.2) is 77.4 Å². The normalized spacial score (nSPS) is 18.2. The summed E-state index contributed by atoms with van der Waals surface area (Å²) in [5, 5.41) is 0. The predicted octanol–water partition coefficient (Wildman–Crippen LogP) is 7.02. The first kappa shape index (κ1) is 23.3. The van der Waals surface area contributed by atoms with E-state index in [1.807, 2.05) is 0 Å². The number of hydrogen-bond acceptors (Lipinski definition) is 2. The third-order valence-corrected chi connectivity index (χ3v) is 6.10. The Hall–Kier alpha value is -2.39. The molecular weight excluding hydrogens is 380 g/mol. The molecule has 3 nitrogen and oxygen atoms in total. The Labute approximate surface area is 188 Å². The monoisotopic (exact) mass is 418 g/mol. The van der Waals surface area contributed by atoms with Crippen molar-refractivity contribution >= 4 is 5.84 Å². The molecule has 1 aliphatic heterocycles. The van der Waals surface area contributed by atoms with Gasteiger partial charge in [0, 0.05) is 18.9 Å². The Morgan fingerprint density at radius 1 is 1.06 bits per heavy atom. The summed E-state index contributed by atoms with van der Waals surface area (Å²) in [6, 6.07) is 21.9. The number of methoxy groups -OCH3 is 1. The van der Waals surface area contributed by atoms with Crippen LogP contribution in [-0.2, 0) is 4.74 Å². The molecule has 0 aliphatic carbocycles. The Kier molecular flexibility index (Phi) is 8.90. The zero-order chi connectivity index (χ0) is 22.1. The number of nitrogens with zero attached hydrogens (tertiary/aromatic N) is 2. The van der Waals surface area contributed by atoms with Gasteiger partial charge in [0.05, 0.1) is 18.7 Å². The molecule has 0 fully saturated rings. The van der Waals surface area contributed by atoms with Crippen LogP contribution in [0.4, 0.5) is 0 Å². The summed E-state index contributed by atoms with van der Waals surface area (Å²) in [7, 11) is 1.77. The first-order chi connectivity index (χ1) is 15.1. The minimum absolute atomic E-state index is 0.117. The molecule has 31 heavy (non-hydrogen) atoms. The number of ether oxygens (including phenoxy) is 1. The van der Waals surface area contributed by atoms with Gasteiger partial charge in [-0.25, -0.2) is 0 Å². The molecule has 3 heteroatoms. The standard InChI is InChI=1S/C28H38N2O/c1-5-6-13-23-18-19-27(24-14-9-7-10-15-24)30(20-23)28(25-16-11-8-12-17-25)29-26(21-31-4)22(2)3/h7-12,14-17,20,22,26-27H,5-6,13,18-19,21H2,1-4H3/t26-,27-/m0/s1. The van der Waals surface area contributed by atoms with Crippen molar-refractivity contribution in [1.29, 1.82) is 0 Å². The lowest BCUT2D eigenvalue weighted by Gasteiger charge is -2.37. The van der Waals surface area contributed by atoms with Crippen molar-refractivity contribution in [2.75, 3.05) is 13.7 Å². The van der Waals surface area contributed by atoms with Gasteiger partial charge in [-0.2, -0.15) is 0 Å². The highest BCUT2D eigenvalue weighted by molar-refractivity contribution is 6.00. The molecule has 1 aliphatic rings. The SMILES string of the molecule is CCCCC1=CN(C(=N[C@@H](COC)C(C)C)c2ccccc2)[C@H](c2ccccc2)CC1. The molecule has 0 spiro atoms. The maximum atomic E-state index is 5.53. The predicted molar refractivity (Wildman–Crippen MR) is 131 cm³/mol. The second kappa shape index (κ2) is 11.9. The van der Waals surface area contributed by atoms with Crippen LogP contribution in [-0.4, -0.2) is 30.5 Å². The fraction of sp³-hybridized carbons (Fsp3) is 0.464. The highest BCUT2D eigenvalue weighted by Crippen LogP contribution is 2.36. The van der Waals surface area contributed by atoms with Crippen LogP contribution >= 0.6 is 0 Å². The molecule has 3 rings (SSSR count). The lowest BCUT2D eigenvalue weighted by molar-refractivity contribution is 0.164. The first-order valence-corrected chi connectivity index (χ1v) is 11.8. The third kappa shape index (κ3) is 6.30. The third-order valence-electron chi connectivity index (χ3n) is 6.10. The van der Waals surface area contributed by atoms with Crippen LogP contribution in [0.25, 0.3) is 0 Å². The van der Waals surface area contributed by atoms with E-state index >= 15 is 0 Å². The number of unbranched alkanes of at least 4 members (excludes halogenated alkanes) is 1. The first-order valence-electron chi connectivity index (χ1n) is 11.8. The van der Waals surface area contributed by atoms with Crippen molar-refractivity contribution in [3.63, 3.8) is 0 Å². The van der Waals surface area contributed by atoms with Gasteiger partial charge in [0.2, 0.25) is 0 Å². The van der Waals surface area contributed by atoms with E-state index in [1.165, 1.54) is 30.4 Å². The fourth-order valence-corrected chi connectivity index (χ4v) is 4.20. The average Bonchev–Trinajstić information content (AvgIpc) is 2.81. The number of aliphatic imine (C=N–C) groups is 1. The largest absolute Gasteiger partial charge is 0.382 e. The van der Waals surface area contributed by atoms with Gasteiger partial charge in [-0.3, -0.25) is 4.99 Å². The molecular formula is C28H38N2O. The van der Waals surface area contributed by atoms with Crippen LogP contribution in [0.1, 0.15) is 70.0 Å². The van der Waals surface area contributed by atoms with E-state index in [0.29, 0.717) is 18.6 Å².